The SMILES string of the molecule is CCNC(=O)CNCC1CCCC1O. The Morgan fingerprint density at radius 2 is 2.29 bits per heavy atom. The van der Waals surface area contributed by atoms with E-state index in [9.17, 15) is 9.90 Å². The van der Waals surface area contributed by atoms with Crippen LogP contribution in [0.3, 0.4) is 0 Å². The Balaban J connectivity index is 2.06. The van der Waals surface area contributed by atoms with E-state index in [-0.39, 0.29) is 12.0 Å². The Morgan fingerprint density at radius 3 is 2.86 bits per heavy atom. The lowest BCUT2D eigenvalue weighted by molar-refractivity contribution is -0.120. The first-order chi connectivity index (χ1) is 6.74. The van der Waals surface area contributed by atoms with Crippen LogP contribution in [0, 0.1) is 5.92 Å². The fourth-order valence-corrected chi connectivity index (χ4v) is 1.89. The first-order valence-corrected chi connectivity index (χ1v) is 5.39. The van der Waals surface area contributed by atoms with Gasteiger partial charge in [-0.05, 0) is 25.7 Å². The van der Waals surface area contributed by atoms with Crippen LogP contribution in [0.15, 0.2) is 0 Å². The summed E-state index contributed by atoms with van der Waals surface area (Å²) in [6.45, 7) is 3.68. The molecule has 1 rings (SSSR count). The van der Waals surface area contributed by atoms with Crippen LogP contribution in [0.5, 0.6) is 0 Å². The van der Waals surface area contributed by atoms with Crippen molar-refractivity contribution in [1.29, 1.82) is 0 Å². The second kappa shape index (κ2) is 5.98. The van der Waals surface area contributed by atoms with Crippen LogP contribution in [0.4, 0.5) is 0 Å². The van der Waals surface area contributed by atoms with Crippen molar-refractivity contribution in [2.24, 2.45) is 5.92 Å². The first-order valence-electron chi connectivity index (χ1n) is 5.39. The van der Waals surface area contributed by atoms with Crippen molar-refractivity contribution in [2.75, 3.05) is 19.6 Å². The van der Waals surface area contributed by atoms with E-state index in [2.05, 4.69) is 10.6 Å². The van der Waals surface area contributed by atoms with E-state index in [1.807, 2.05) is 6.92 Å². The van der Waals surface area contributed by atoms with Crippen molar-refractivity contribution < 1.29 is 9.90 Å². The summed E-state index contributed by atoms with van der Waals surface area (Å²) in [5, 5.41) is 15.3. The van der Waals surface area contributed by atoms with E-state index in [1.165, 1.54) is 0 Å². The van der Waals surface area contributed by atoms with Gasteiger partial charge in [-0.3, -0.25) is 4.79 Å². The number of aliphatic hydroxyl groups is 1. The zero-order valence-electron chi connectivity index (χ0n) is 8.75. The Bertz CT molecular complexity index is 185. The molecule has 2 atom stereocenters. The third kappa shape index (κ3) is 3.64. The largest absolute Gasteiger partial charge is 0.393 e. The molecule has 0 bridgehead atoms. The second-order valence-corrected chi connectivity index (χ2v) is 3.84. The quantitative estimate of drug-likeness (QED) is 0.579. The Labute approximate surface area is 85.1 Å². The molecule has 4 nitrogen and oxygen atoms in total. The Kier molecular flexibility index (Phi) is 4.90. The fourth-order valence-electron chi connectivity index (χ4n) is 1.89. The van der Waals surface area contributed by atoms with Crippen molar-refractivity contribution in [3.05, 3.63) is 0 Å². The van der Waals surface area contributed by atoms with Gasteiger partial charge in [0.25, 0.3) is 0 Å². The van der Waals surface area contributed by atoms with E-state index in [0.717, 1.165) is 25.8 Å². The number of likely N-dealkylation sites (N-methyl/N-ethyl adjacent to an activating group) is 1. The van der Waals surface area contributed by atoms with Gasteiger partial charge in [0, 0.05) is 13.1 Å². The fraction of sp³-hybridized carbons (Fsp3) is 0.900. The molecule has 82 valence electrons. The lowest BCUT2D eigenvalue weighted by atomic mass is 10.1. The molecule has 3 N–H and O–H groups in total. The summed E-state index contributed by atoms with van der Waals surface area (Å²) in [4.78, 5) is 11.1. The molecule has 14 heavy (non-hydrogen) atoms. The summed E-state index contributed by atoms with van der Waals surface area (Å²) in [5.41, 5.74) is 0. The molecule has 1 aliphatic carbocycles. The minimum Gasteiger partial charge on any atom is -0.393 e. The summed E-state index contributed by atoms with van der Waals surface area (Å²) in [6, 6.07) is 0. The highest BCUT2D eigenvalue weighted by Crippen LogP contribution is 2.24. The van der Waals surface area contributed by atoms with E-state index >= 15 is 0 Å². The highest BCUT2D eigenvalue weighted by Gasteiger charge is 2.24. The monoisotopic (exact) mass is 200 g/mol. The zero-order chi connectivity index (χ0) is 10.4. The summed E-state index contributed by atoms with van der Waals surface area (Å²) in [6.07, 6.45) is 2.92. The van der Waals surface area contributed by atoms with Crippen LogP contribution < -0.4 is 10.6 Å². The number of nitrogens with one attached hydrogen (secondary N) is 2. The summed E-state index contributed by atoms with van der Waals surface area (Å²) in [5.74, 6) is 0.365. The number of amides is 1. The molecule has 0 aromatic heterocycles. The van der Waals surface area contributed by atoms with Gasteiger partial charge in [0.15, 0.2) is 0 Å². The third-order valence-electron chi connectivity index (χ3n) is 2.68. The Morgan fingerprint density at radius 1 is 1.50 bits per heavy atom. The predicted octanol–water partition coefficient (Wildman–Crippen LogP) is -0.127. The summed E-state index contributed by atoms with van der Waals surface area (Å²) in [7, 11) is 0. The molecule has 1 fully saturated rings. The maximum absolute atomic E-state index is 11.1. The number of hydrogen-bond donors (Lipinski definition) is 3. The molecule has 0 aromatic rings. The highest BCUT2D eigenvalue weighted by atomic mass is 16.3. The molecular formula is C10H20N2O2. The normalized spacial score (nSPS) is 26.4. The average Bonchev–Trinajstić information content (AvgIpc) is 2.52. The predicted molar refractivity (Wildman–Crippen MR) is 54.9 cm³/mol. The average molecular weight is 200 g/mol. The molecular weight excluding hydrogens is 180 g/mol. The van der Waals surface area contributed by atoms with Crippen molar-refractivity contribution in [2.45, 2.75) is 32.3 Å². The third-order valence-corrected chi connectivity index (χ3v) is 2.68. The molecule has 0 spiro atoms. The van der Waals surface area contributed by atoms with Gasteiger partial charge in [-0.25, -0.2) is 0 Å². The van der Waals surface area contributed by atoms with Gasteiger partial charge in [0.2, 0.25) is 5.91 Å². The van der Waals surface area contributed by atoms with E-state index in [1.54, 1.807) is 0 Å². The van der Waals surface area contributed by atoms with E-state index in [4.69, 9.17) is 0 Å². The van der Waals surface area contributed by atoms with Gasteiger partial charge < -0.3 is 15.7 Å². The molecule has 0 radical (unpaired) electrons. The van der Waals surface area contributed by atoms with Crippen LogP contribution in [-0.2, 0) is 4.79 Å². The number of aliphatic hydroxyl groups excluding tert-OH is 1. The topological polar surface area (TPSA) is 61.4 Å². The van der Waals surface area contributed by atoms with Gasteiger partial charge in [-0.2, -0.15) is 0 Å². The molecule has 4 heteroatoms. The van der Waals surface area contributed by atoms with Crippen molar-refractivity contribution in [1.82, 2.24) is 10.6 Å². The molecule has 2 unspecified atom stereocenters. The van der Waals surface area contributed by atoms with Crippen LogP contribution in [0.2, 0.25) is 0 Å². The molecule has 0 aliphatic heterocycles. The van der Waals surface area contributed by atoms with Gasteiger partial charge in [0.1, 0.15) is 0 Å². The molecule has 0 saturated heterocycles. The zero-order valence-corrected chi connectivity index (χ0v) is 8.75. The van der Waals surface area contributed by atoms with Gasteiger partial charge >= 0.3 is 0 Å². The Hall–Kier alpha value is -0.610. The summed E-state index contributed by atoms with van der Waals surface area (Å²) < 4.78 is 0. The number of rotatable bonds is 5. The second-order valence-electron chi connectivity index (χ2n) is 3.84. The lowest BCUT2D eigenvalue weighted by Crippen LogP contribution is -2.37. The number of hydrogen-bond acceptors (Lipinski definition) is 3. The van der Waals surface area contributed by atoms with Crippen molar-refractivity contribution in [3.63, 3.8) is 0 Å². The number of carbonyl (C=O) groups excluding carboxylic acids is 1. The smallest absolute Gasteiger partial charge is 0.233 e. The van der Waals surface area contributed by atoms with E-state index < -0.39 is 0 Å². The van der Waals surface area contributed by atoms with Crippen molar-refractivity contribution >= 4 is 5.91 Å². The van der Waals surface area contributed by atoms with E-state index in [0.29, 0.717) is 19.0 Å². The highest BCUT2D eigenvalue weighted by molar-refractivity contribution is 5.77. The minimum atomic E-state index is -0.170. The standard InChI is InChI=1S/C10H20N2O2/c1-2-12-10(14)7-11-6-8-4-3-5-9(8)13/h8-9,11,13H,2-7H2,1H3,(H,12,14). The summed E-state index contributed by atoms with van der Waals surface area (Å²) >= 11 is 0. The van der Waals surface area contributed by atoms with Crippen LogP contribution in [0.1, 0.15) is 26.2 Å². The van der Waals surface area contributed by atoms with Gasteiger partial charge in [-0.15, -0.1) is 0 Å². The molecule has 1 amide bonds. The molecule has 1 aliphatic rings. The number of carbonyl (C=O) groups is 1. The molecule has 0 aromatic carbocycles. The van der Waals surface area contributed by atoms with Crippen molar-refractivity contribution in [3.8, 4) is 0 Å². The molecule has 0 heterocycles. The molecule has 1 saturated carbocycles. The first kappa shape index (κ1) is 11.5. The lowest BCUT2D eigenvalue weighted by Gasteiger charge is -2.14. The maximum Gasteiger partial charge on any atom is 0.233 e. The van der Waals surface area contributed by atoms with Gasteiger partial charge in [-0.1, -0.05) is 6.42 Å². The van der Waals surface area contributed by atoms with Gasteiger partial charge in [0.05, 0.1) is 12.6 Å². The van der Waals surface area contributed by atoms with Crippen LogP contribution >= 0.6 is 0 Å². The maximum atomic E-state index is 11.1. The van der Waals surface area contributed by atoms with Crippen LogP contribution in [-0.4, -0.2) is 36.8 Å². The minimum absolute atomic E-state index is 0.0278. The van der Waals surface area contributed by atoms with Crippen LogP contribution in [0.25, 0.3) is 0 Å².